The van der Waals surface area contributed by atoms with Gasteiger partial charge in [0.15, 0.2) is 0 Å². The Morgan fingerprint density at radius 1 is 1.05 bits per heavy atom. The maximum absolute atomic E-state index is 4.27. The van der Waals surface area contributed by atoms with E-state index in [2.05, 4.69) is 39.0 Å². The normalized spacial score (nSPS) is 37.1. The molecule has 3 aliphatic rings. The third kappa shape index (κ3) is 2.07. The monoisotopic (exact) mass is 275 g/mol. The van der Waals surface area contributed by atoms with Crippen LogP contribution >= 0.6 is 0 Å². The summed E-state index contributed by atoms with van der Waals surface area (Å²) in [6.07, 6.45) is 5.11. The van der Waals surface area contributed by atoms with Gasteiger partial charge < -0.3 is 14.8 Å². The Kier molecular flexibility index (Phi) is 3.07. The third-order valence-corrected chi connectivity index (χ3v) is 5.58. The van der Waals surface area contributed by atoms with E-state index in [0.717, 1.165) is 36.7 Å². The van der Waals surface area contributed by atoms with Gasteiger partial charge in [0.2, 0.25) is 0 Å². The second kappa shape index (κ2) is 4.81. The lowest BCUT2D eigenvalue weighted by atomic mass is 9.91. The zero-order valence-electron chi connectivity index (χ0n) is 12.5. The Hall–Kier alpha value is -0.940. The standard InChI is InChI=1S/C15H25N5/c1-10-17-18-14-6-5-13(9-20(10)14)16-15-11-3-4-12(15)8-19(2)7-11/h11-13,15-16H,3-9H2,1-2H3. The maximum Gasteiger partial charge on any atom is 0.133 e. The molecule has 3 atom stereocenters. The summed E-state index contributed by atoms with van der Waals surface area (Å²) < 4.78 is 2.30. The fourth-order valence-corrected chi connectivity index (χ4v) is 4.60. The van der Waals surface area contributed by atoms with Crippen molar-refractivity contribution >= 4 is 0 Å². The molecule has 2 fully saturated rings. The minimum Gasteiger partial charge on any atom is -0.314 e. The van der Waals surface area contributed by atoms with E-state index in [9.17, 15) is 0 Å². The molecule has 2 bridgehead atoms. The summed E-state index contributed by atoms with van der Waals surface area (Å²) in [6.45, 7) is 5.67. The summed E-state index contributed by atoms with van der Waals surface area (Å²) in [5, 5.41) is 12.5. The number of rotatable bonds is 2. The molecule has 0 radical (unpaired) electrons. The third-order valence-electron chi connectivity index (χ3n) is 5.58. The molecule has 0 aromatic carbocycles. The molecular formula is C15H25N5. The second-order valence-corrected chi connectivity index (χ2v) is 7.02. The van der Waals surface area contributed by atoms with Crippen molar-refractivity contribution < 1.29 is 0 Å². The van der Waals surface area contributed by atoms with E-state index in [-0.39, 0.29) is 0 Å². The molecular weight excluding hydrogens is 250 g/mol. The van der Waals surface area contributed by atoms with Crippen LogP contribution in [-0.2, 0) is 13.0 Å². The van der Waals surface area contributed by atoms with Crippen molar-refractivity contribution in [3.8, 4) is 0 Å². The van der Waals surface area contributed by atoms with E-state index in [1.807, 2.05) is 0 Å². The van der Waals surface area contributed by atoms with Gasteiger partial charge in [-0.1, -0.05) is 0 Å². The van der Waals surface area contributed by atoms with Crippen LogP contribution in [0.5, 0.6) is 0 Å². The second-order valence-electron chi connectivity index (χ2n) is 7.02. The Balaban J connectivity index is 1.45. The summed E-state index contributed by atoms with van der Waals surface area (Å²) in [7, 11) is 2.27. The van der Waals surface area contributed by atoms with Crippen LogP contribution in [0.4, 0.5) is 0 Å². The average Bonchev–Trinajstić information content (AvgIpc) is 2.90. The highest BCUT2D eigenvalue weighted by atomic mass is 15.3. The minimum absolute atomic E-state index is 0.605. The van der Waals surface area contributed by atoms with Gasteiger partial charge in [0.1, 0.15) is 11.6 Å². The number of hydrogen-bond donors (Lipinski definition) is 1. The Morgan fingerprint density at radius 2 is 1.80 bits per heavy atom. The SMILES string of the molecule is Cc1nnc2n1CC(NC1C3CCC1CN(C)C3)CC2. The topological polar surface area (TPSA) is 46.0 Å². The lowest BCUT2D eigenvalue weighted by Crippen LogP contribution is -2.54. The fourth-order valence-electron chi connectivity index (χ4n) is 4.60. The van der Waals surface area contributed by atoms with Gasteiger partial charge in [0.25, 0.3) is 0 Å². The van der Waals surface area contributed by atoms with Crippen LogP contribution in [0.25, 0.3) is 0 Å². The van der Waals surface area contributed by atoms with Crippen molar-refractivity contribution in [2.24, 2.45) is 11.8 Å². The van der Waals surface area contributed by atoms with E-state index < -0.39 is 0 Å². The van der Waals surface area contributed by atoms with Gasteiger partial charge in [-0.25, -0.2) is 0 Å². The first-order chi connectivity index (χ1) is 9.70. The molecule has 110 valence electrons. The zero-order valence-corrected chi connectivity index (χ0v) is 12.5. The Morgan fingerprint density at radius 3 is 2.55 bits per heavy atom. The van der Waals surface area contributed by atoms with Gasteiger partial charge in [0, 0.05) is 38.1 Å². The van der Waals surface area contributed by atoms with E-state index in [4.69, 9.17) is 0 Å². The smallest absolute Gasteiger partial charge is 0.133 e. The van der Waals surface area contributed by atoms with Crippen molar-refractivity contribution in [2.45, 2.75) is 51.2 Å². The number of hydrogen-bond acceptors (Lipinski definition) is 4. The van der Waals surface area contributed by atoms with Crippen LogP contribution in [0.1, 0.15) is 30.9 Å². The summed E-state index contributed by atoms with van der Waals surface area (Å²) in [5.41, 5.74) is 0. The van der Waals surface area contributed by atoms with Gasteiger partial charge in [0.05, 0.1) is 0 Å². The first kappa shape index (κ1) is 12.8. The van der Waals surface area contributed by atoms with E-state index in [0.29, 0.717) is 6.04 Å². The highest BCUT2D eigenvalue weighted by Crippen LogP contribution is 2.37. The van der Waals surface area contributed by atoms with Gasteiger partial charge in [-0.05, 0) is 45.1 Å². The van der Waals surface area contributed by atoms with Crippen LogP contribution in [0.3, 0.4) is 0 Å². The molecule has 3 heterocycles. The number of nitrogens with zero attached hydrogens (tertiary/aromatic N) is 4. The van der Waals surface area contributed by atoms with Gasteiger partial charge >= 0.3 is 0 Å². The van der Waals surface area contributed by atoms with Crippen LogP contribution in [0, 0.1) is 18.8 Å². The quantitative estimate of drug-likeness (QED) is 0.868. The lowest BCUT2D eigenvalue weighted by Gasteiger charge is -2.39. The van der Waals surface area contributed by atoms with Crippen molar-refractivity contribution in [2.75, 3.05) is 20.1 Å². The summed E-state index contributed by atoms with van der Waals surface area (Å²) in [5.74, 6) is 3.97. The summed E-state index contributed by atoms with van der Waals surface area (Å²) in [6, 6.07) is 1.35. The lowest BCUT2D eigenvalue weighted by molar-refractivity contribution is 0.139. The molecule has 1 N–H and O–H groups in total. The van der Waals surface area contributed by atoms with Crippen molar-refractivity contribution in [3.05, 3.63) is 11.6 Å². The maximum atomic E-state index is 4.27. The summed E-state index contributed by atoms with van der Waals surface area (Å²) in [4.78, 5) is 2.52. The van der Waals surface area contributed by atoms with Crippen molar-refractivity contribution in [3.63, 3.8) is 0 Å². The molecule has 1 saturated carbocycles. The largest absolute Gasteiger partial charge is 0.314 e. The van der Waals surface area contributed by atoms with Gasteiger partial charge in [-0.3, -0.25) is 0 Å². The van der Waals surface area contributed by atoms with Crippen LogP contribution in [0.15, 0.2) is 0 Å². The van der Waals surface area contributed by atoms with Crippen molar-refractivity contribution in [1.82, 2.24) is 25.0 Å². The molecule has 1 saturated heterocycles. The highest BCUT2D eigenvalue weighted by molar-refractivity contribution is 5.02. The first-order valence-corrected chi connectivity index (χ1v) is 8.04. The number of aromatic nitrogens is 3. The van der Waals surface area contributed by atoms with E-state index >= 15 is 0 Å². The molecule has 1 aromatic heterocycles. The van der Waals surface area contributed by atoms with Crippen molar-refractivity contribution in [1.29, 1.82) is 0 Å². The Labute approximate surface area is 120 Å². The molecule has 20 heavy (non-hydrogen) atoms. The average molecular weight is 275 g/mol. The predicted octanol–water partition coefficient (Wildman–Crippen LogP) is 0.831. The van der Waals surface area contributed by atoms with E-state index in [1.54, 1.807) is 0 Å². The number of aryl methyl sites for hydroxylation is 2. The molecule has 1 aliphatic carbocycles. The number of likely N-dealkylation sites (tertiary alicyclic amines) is 1. The van der Waals surface area contributed by atoms with Crippen LogP contribution < -0.4 is 5.32 Å². The highest BCUT2D eigenvalue weighted by Gasteiger charge is 2.41. The number of nitrogens with one attached hydrogen (secondary N) is 1. The van der Waals surface area contributed by atoms with Crippen LogP contribution in [-0.4, -0.2) is 51.9 Å². The molecule has 5 nitrogen and oxygen atoms in total. The van der Waals surface area contributed by atoms with Crippen LogP contribution in [0.2, 0.25) is 0 Å². The summed E-state index contributed by atoms with van der Waals surface area (Å²) >= 11 is 0. The molecule has 1 aromatic rings. The fraction of sp³-hybridized carbons (Fsp3) is 0.867. The molecule has 2 aliphatic heterocycles. The molecule has 0 spiro atoms. The van der Waals surface area contributed by atoms with E-state index in [1.165, 1.54) is 38.2 Å². The molecule has 5 heteroatoms. The number of fused-ring (bicyclic) bond motifs is 3. The van der Waals surface area contributed by atoms with Gasteiger partial charge in [-0.15, -0.1) is 10.2 Å². The number of piperidine rings is 1. The Bertz CT molecular complexity index is 482. The van der Waals surface area contributed by atoms with Gasteiger partial charge in [-0.2, -0.15) is 0 Å². The first-order valence-electron chi connectivity index (χ1n) is 8.04. The predicted molar refractivity (Wildman–Crippen MR) is 77.5 cm³/mol. The molecule has 0 amide bonds. The molecule has 4 rings (SSSR count). The molecule has 3 unspecified atom stereocenters. The zero-order chi connectivity index (χ0) is 13.7. The minimum atomic E-state index is 0.605.